The summed E-state index contributed by atoms with van der Waals surface area (Å²) in [4.78, 5) is 44.7. The van der Waals surface area contributed by atoms with Gasteiger partial charge >= 0.3 is 0 Å². The van der Waals surface area contributed by atoms with Gasteiger partial charge in [0.1, 0.15) is 6.04 Å². The molecule has 0 aromatic heterocycles. The minimum Gasteiger partial charge on any atom is -0.394 e. The van der Waals surface area contributed by atoms with Crippen LogP contribution in [0.25, 0.3) is 0 Å². The molecular weight excluding hydrogens is 476 g/mol. The van der Waals surface area contributed by atoms with Crippen molar-refractivity contribution in [1.29, 1.82) is 0 Å². The summed E-state index contributed by atoms with van der Waals surface area (Å²) in [5, 5.41) is 16.1. The van der Waals surface area contributed by atoms with E-state index < -0.39 is 28.7 Å². The number of carbonyl (C=O) groups excluding carboxylic acids is 3. The van der Waals surface area contributed by atoms with Gasteiger partial charge < -0.3 is 25.5 Å². The number of likely N-dealkylation sites (tertiary alicyclic amines) is 1. The lowest BCUT2D eigenvalue weighted by Crippen LogP contribution is -2.55. The van der Waals surface area contributed by atoms with Crippen molar-refractivity contribution in [1.82, 2.24) is 10.2 Å². The first-order valence-electron chi connectivity index (χ1n) is 13.2. The van der Waals surface area contributed by atoms with E-state index in [1.807, 2.05) is 38.1 Å². The van der Waals surface area contributed by atoms with Crippen LogP contribution in [-0.2, 0) is 14.4 Å². The molecule has 3 fully saturated rings. The van der Waals surface area contributed by atoms with E-state index in [4.69, 9.17) is 0 Å². The van der Waals surface area contributed by atoms with Crippen LogP contribution < -0.4 is 15.5 Å². The van der Waals surface area contributed by atoms with Crippen LogP contribution in [0, 0.1) is 17.8 Å². The van der Waals surface area contributed by atoms with Gasteiger partial charge in [0.15, 0.2) is 0 Å². The van der Waals surface area contributed by atoms with E-state index in [-0.39, 0.29) is 35.5 Å². The van der Waals surface area contributed by atoms with Gasteiger partial charge in [0.05, 0.1) is 29.2 Å². The molecule has 3 amide bonds. The van der Waals surface area contributed by atoms with E-state index in [1.165, 1.54) is 0 Å². The topological polar surface area (TPSA) is 102 Å². The number of hydrogen-bond donors (Lipinski definition) is 3. The standard InChI is InChI=1S/C27H40N4O4S/c1-6-30(7-2)18-10-8-17(9-11-18)29-25(34)23-27-13-12-20(36-27)21(24(33)28-5)22(27)26(35)31(23)19(15-32)14-16(3)4/h8-11,16,19-23,32H,6-7,12-15H2,1-5H3,(H,28,33)(H,29,34)/t19-,20+,21-,22+,23?,27?/m1/s1. The quantitative estimate of drug-likeness (QED) is 0.442. The molecule has 9 heteroatoms. The Bertz CT molecular complexity index is 982. The van der Waals surface area contributed by atoms with Crippen molar-refractivity contribution in [2.75, 3.05) is 37.0 Å². The lowest BCUT2D eigenvalue weighted by Gasteiger charge is -2.37. The number of nitrogens with one attached hydrogen (secondary N) is 2. The van der Waals surface area contributed by atoms with Crippen LogP contribution in [-0.4, -0.2) is 76.6 Å². The molecule has 3 aliphatic rings. The summed E-state index contributed by atoms with van der Waals surface area (Å²) in [7, 11) is 1.60. The van der Waals surface area contributed by atoms with Crippen LogP contribution in [0.15, 0.2) is 24.3 Å². The van der Waals surface area contributed by atoms with Crippen LogP contribution in [0.2, 0.25) is 0 Å². The Labute approximate surface area is 218 Å². The molecule has 8 nitrogen and oxygen atoms in total. The normalized spacial score (nSPS) is 29.4. The van der Waals surface area contributed by atoms with Crippen molar-refractivity contribution in [3.05, 3.63) is 24.3 Å². The molecule has 3 aliphatic heterocycles. The van der Waals surface area contributed by atoms with Gasteiger partial charge in [-0.2, -0.15) is 0 Å². The van der Waals surface area contributed by atoms with Gasteiger partial charge in [0.25, 0.3) is 0 Å². The average molecular weight is 517 g/mol. The first-order chi connectivity index (χ1) is 17.2. The van der Waals surface area contributed by atoms with Crippen molar-refractivity contribution >= 4 is 40.9 Å². The average Bonchev–Trinajstić information content (AvgIpc) is 3.51. The molecule has 0 aliphatic carbocycles. The molecule has 0 saturated carbocycles. The van der Waals surface area contributed by atoms with Crippen molar-refractivity contribution in [3.63, 3.8) is 0 Å². The zero-order valence-electron chi connectivity index (χ0n) is 22.0. The molecule has 198 valence electrons. The van der Waals surface area contributed by atoms with Crippen molar-refractivity contribution in [3.8, 4) is 0 Å². The smallest absolute Gasteiger partial charge is 0.248 e. The van der Waals surface area contributed by atoms with Crippen LogP contribution in [0.1, 0.15) is 47.0 Å². The van der Waals surface area contributed by atoms with Gasteiger partial charge in [-0.05, 0) is 63.3 Å². The number of fused-ring (bicyclic) bond motifs is 1. The number of aliphatic hydroxyl groups is 1. The van der Waals surface area contributed by atoms with Crippen LogP contribution in [0.3, 0.4) is 0 Å². The number of thioether (sulfide) groups is 1. The van der Waals surface area contributed by atoms with Crippen LogP contribution >= 0.6 is 11.8 Å². The summed E-state index contributed by atoms with van der Waals surface area (Å²) in [6, 6.07) is 6.57. The Morgan fingerprint density at radius 3 is 2.42 bits per heavy atom. The highest BCUT2D eigenvalue weighted by molar-refractivity contribution is 8.02. The number of aliphatic hydroxyl groups excluding tert-OH is 1. The predicted molar refractivity (Wildman–Crippen MR) is 144 cm³/mol. The first kappa shape index (κ1) is 26.8. The van der Waals surface area contributed by atoms with Crippen molar-refractivity contribution in [2.45, 2.75) is 69.0 Å². The highest BCUT2D eigenvalue weighted by Crippen LogP contribution is 2.66. The second kappa shape index (κ2) is 10.6. The number of anilines is 2. The largest absolute Gasteiger partial charge is 0.394 e. The molecule has 1 aromatic rings. The number of rotatable bonds is 10. The molecule has 1 spiro atoms. The molecule has 3 saturated heterocycles. The monoisotopic (exact) mass is 516 g/mol. The molecule has 36 heavy (non-hydrogen) atoms. The fourth-order valence-corrected chi connectivity index (χ4v) is 8.83. The zero-order valence-corrected chi connectivity index (χ0v) is 22.8. The van der Waals surface area contributed by atoms with Gasteiger partial charge in [-0.1, -0.05) is 13.8 Å². The maximum Gasteiger partial charge on any atom is 0.248 e. The predicted octanol–water partition coefficient (Wildman–Crippen LogP) is 2.72. The highest BCUT2D eigenvalue weighted by Gasteiger charge is 2.74. The molecule has 6 atom stereocenters. The Kier molecular flexibility index (Phi) is 7.90. The SMILES string of the molecule is CCN(CC)c1ccc(NC(=O)C2N([C@@H](CO)CC(C)C)C(=O)[C@@H]3[C@H](C(=O)NC)[C@@H]4CCC23S4)cc1. The Hall–Kier alpha value is -2.26. The molecule has 0 radical (unpaired) electrons. The molecule has 3 heterocycles. The third-order valence-corrected chi connectivity index (χ3v) is 10.1. The van der Waals surface area contributed by atoms with E-state index in [0.717, 1.165) is 25.2 Å². The fourth-order valence-electron chi connectivity index (χ4n) is 6.63. The lowest BCUT2D eigenvalue weighted by molar-refractivity contribution is -0.142. The summed E-state index contributed by atoms with van der Waals surface area (Å²) >= 11 is 1.64. The van der Waals surface area contributed by atoms with E-state index >= 15 is 0 Å². The minimum atomic E-state index is -0.738. The van der Waals surface area contributed by atoms with Crippen LogP contribution in [0.5, 0.6) is 0 Å². The van der Waals surface area contributed by atoms with Gasteiger partial charge in [-0.3, -0.25) is 14.4 Å². The summed E-state index contributed by atoms with van der Waals surface area (Å²) in [6.45, 7) is 9.88. The van der Waals surface area contributed by atoms with Gasteiger partial charge in [0, 0.05) is 36.8 Å². The highest BCUT2D eigenvalue weighted by atomic mass is 32.2. The number of hydrogen-bond acceptors (Lipinski definition) is 6. The summed E-state index contributed by atoms with van der Waals surface area (Å²) in [5.74, 6) is -1.31. The van der Waals surface area contributed by atoms with E-state index in [2.05, 4.69) is 29.4 Å². The Morgan fingerprint density at radius 2 is 1.86 bits per heavy atom. The number of nitrogens with zero attached hydrogens (tertiary/aromatic N) is 2. The maximum atomic E-state index is 14.0. The number of benzene rings is 1. The molecule has 3 N–H and O–H groups in total. The zero-order chi connectivity index (χ0) is 26.2. The van der Waals surface area contributed by atoms with Crippen LogP contribution in [0.4, 0.5) is 11.4 Å². The lowest BCUT2D eigenvalue weighted by atomic mass is 9.70. The van der Waals surface area contributed by atoms with E-state index in [1.54, 1.807) is 23.7 Å². The number of amides is 3. The van der Waals surface area contributed by atoms with Crippen molar-refractivity contribution < 1.29 is 19.5 Å². The number of carbonyl (C=O) groups is 3. The Balaban J connectivity index is 1.68. The molecule has 4 rings (SSSR count). The van der Waals surface area contributed by atoms with E-state index in [0.29, 0.717) is 18.5 Å². The van der Waals surface area contributed by atoms with Gasteiger partial charge in [0.2, 0.25) is 17.7 Å². The fraction of sp³-hybridized carbons (Fsp3) is 0.667. The van der Waals surface area contributed by atoms with Gasteiger partial charge in [-0.25, -0.2) is 0 Å². The minimum absolute atomic E-state index is 0.0300. The van der Waals surface area contributed by atoms with Gasteiger partial charge in [-0.15, -0.1) is 11.8 Å². The summed E-state index contributed by atoms with van der Waals surface area (Å²) < 4.78 is -0.658. The van der Waals surface area contributed by atoms with E-state index in [9.17, 15) is 19.5 Å². The van der Waals surface area contributed by atoms with Crippen molar-refractivity contribution in [2.24, 2.45) is 17.8 Å². The summed E-state index contributed by atoms with van der Waals surface area (Å²) in [5.41, 5.74) is 1.76. The molecule has 1 aromatic carbocycles. The molecule has 2 bridgehead atoms. The third kappa shape index (κ3) is 4.38. The Morgan fingerprint density at radius 1 is 1.19 bits per heavy atom. The summed E-state index contributed by atoms with van der Waals surface area (Å²) in [6.07, 6.45) is 2.10. The second-order valence-corrected chi connectivity index (χ2v) is 12.2. The first-order valence-corrected chi connectivity index (χ1v) is 14.1. The third-order valence-electron chi connectivity index (χ3n) is 8.15. The molecule has 2 unspecified atom stereocenters. The molecular formula is C27H40N4O4S. The maximum absolute atomic E-state index is 14.0. The second-order valence-electron chi connectivity index (χ2n) is 10.6.